The Morgan fingerprint density at radius 3 is 2.03 bits per heavy atom. The maximum Gasteiger partial charge on any atom is 0.277 e. The van der Waals surface area contributed by atoms with Crippen LogP contribution in [0.3, 0.4) is 0 Å². The van der Waals surface area contributed by atoms with Crippen LogP contribution < -0.4 is 5.32 Å². The van der Waals surface area contributed by atoms with Gasteiger partial charge in [0.05, 0.1) is 33.1 Å². The number of hydrogen-bond acceptors (Lipinski definition) is 9. The molecule has 0 bridgehead atoms. The van der Waals surface area contributed by atoms with Crippen LogP contribution in [0.1, 0.15) is 53.2 Å². The van der Waals surface area contributed by atoms with Gasteiger partial charge < -0.3 is 0 Å². The van der Waals surface area contributed by atoms with E-state index in [0.717, 1.165) is 29.5 Å². The maximum atomic E-state index is 12.9. The van der Waals surface area contributed by atoms with Gasteiger partial charge in [-0.25, -0.2) is 4.98 Å². The lowest BCUT2D eigenvalue weighted by Gasteiger charge is -2.21. The minimum Gasteiger partial charge on any atom is -0.298 e. The second-order valence-electron chi connectivity index (χ2n) is 8.81. The van der Waals surface area contributed by atoms with E-state index in [1.54, 1.807) is 24.3 Å². The van der Waals surface area contributed by atoms with Crippen LogP contribution in [0.5, 0.6) is 0 Å². The normalized spacial score (nSPS) is 11.8. The lowest BCUT2D eigenvalue weighted by atomic mass is 9.86. The Bertz CT molecular complexity index is 1330. The molecular formula is C22H21BrClN5O7S. The molecule has 12 nitrogen and oxygen atoms in total. The lowest BCUT2D eigenvalue weighted by Crippen LogP contribution is -2.20. The number of nitrogens with one attached hydrogen (secondary N) is 1. The van der Waals surface area contributed by atoms with Crippen molar-refractivity contribution in [1.82, 2.24) is 4.98 Å². The monoisotopic (exact) mass is 613 g/mol. The van der Waals surface area contributed by atoms with Crippen molar-refractivity contribution in [2.75, 3.05) is 11.9 Å². The topological polar surface area (TPSA) is 171 Å². The Labute approximate surface area is 229 Å². The van der Waals surface area contributed by atoms with Crippen molar-refractivity contribution >= 4 is 62.3 Å². The number of nitrogens with zero attached hydrogens (tertiary/aromatic N) is 4. The van der Waals surface area contributed by atoms with Gasteiger partial charge in [0.1, 0.15) is 0 Å². The zero-order valence-electron chi connectivity index (χ0n) is 19.7. The van der Waals surface area contributed by atoms with Gasteiger partial charge in [-0.2, -0.15) is 0 Å². The predicted molar refractivity (Wildman–Crippen MR) is 144 cm³/mol. The van der Waals surface area contributed by atoms with Crippen molar-refractivity contribution in [3.8, 4) is 0 Å². The number of rotatable bonds is 8. The van der Waals surface area contributed by atoms with E-state index in [1.807, 2.05) is 20.8 Å². The van der Waals surface area contributed by atoms with Crippen LogP contribution in [0.15, 0.2) is 42.5 Å². The highest BCUT2D eigenvalue weighted by molar-refractivity contribution is 8.93. The molecule has 3 aromatic rings. The molecule has 196 valence electrons. The summed E-state index contributed by atoms with van der Waals surface area (Å²) in [4.78, 5) is 49.7. The first kappa shape index (κ1) is 29.7. The molecular weight excluding hydrogens is 594 g/mol. The molecule has 0 fully saturated rings. The van der Waals surface area contributed by atoms with E-state index in [-0.39, 0.29) is 27.7 Å². The molecule has 1 aromatic heterocycles. The third-order valence-corrected chi connectivity index (χ3v) is 6.43. The van der Waals surface area contributed by atoms with Gasteiger partial charge in [0.2, 0.25) is 6.54 Å². The summed E-state index contributed by atoms with van der Waals surface area (Å²) in [6.07, 6.45) is 0. The zero-order chi connectivity index (χ0) is 26.8. The van der Waals surface area contributed by atoms with Crippen molar-refractivity contribution in [3.05, 3.63) is 99.5 Å². The van der Waals surface area contributed by atoms with Gasteiger partial charge in [0, 0.05) is 32.4 Å². The van der Waals surface area contributed by atoms with Crippen LogP contribution >= 0.6 is 39.9 Å². The van der Waals surface area contributed by atoms with Crippen LogP contribution in [0.25, 0.3) is 0 Å². The number of carbonyl (C=O) groups is 1. The highest BCUT2D eigenvalue weighted by Crippen LogP contribution is 2.40. The Hall–Kier alpha value is -3.49. The molecule has 0 saturated heterocycles. The molecule has 3 rings (SSSR count). The van der Waals surface area contributed by atoms with Gasteiger partial charge in [-0.15, -0.1) is 28.3 Å². The van der Waals surface area contributed by atoms with E-state index < -0.39 is 49.9 Å². The molecule has 1 unspecified atom stereocenters. The summed E-state index contributed by atoms with van der Waals surface area (Å²) in [6.45, 7) is 5.17. The van der Waals surface area contributed by atoms with Gasteiger partial charge in [-0.05, 0) is 17.7 Å². The van der Waals surface area contributed by atoms with Gasteiger partial charge in [0.25, 0.3) is 17.3 Å². The van der Waals surface area contributed by atoms with Crippen molar-refractivity contribution in [2.45, 2.75) is 32.1 Å². The van der Waals surface area contributed by atoms with E-state index in [1.165, 1.54) is 0 Å². The average Bonchev–Trinajstić information content (AvgIpc) is 3.21. The van der Waals surface area contributed by atoms with Crippen molar-refractivity contribution in [2.24, 2.45) is 0 Å². The van der Waals surface area contributed by atoms with E-state index in [9.17, 15) is 35.1 Å². The number of thiazole rings is 1. The average molecular weight is 615 g/mol. The fourth-order valence-electron chi connectivity index (χ4n) is 3.45. The number of amides is 1. The number of hydrogen-bond donors (Lipinski definition) is 1. The highest BCUT2D eigenvalue weighted by atomic mass is 79.9. The number of carbonyl (C=O) groups excluding carboxylic acids is 1. The van der Waals surface area contributed by atoms with Crippen LogP contribution in [0, 0.1) is 30.3 Å². The fraction of sp³-hybridized carbons (Fsp3) is 0.273. The predicted octanol–water partition coefficient (Wildman–Crippen LogP) is 6.15. The molecule has 1 amide bonds. The summed E-state index contributed by atoms with van der Waals surface area (Å²) < 4.78 is 0. The number of aromatic nitrogens is 1. The first-order valence-electron chi connectivity index (χ1n) is 10.4. The molecule has 0 aliphatic heterocycles. The summed E-state index contributed by atoms with van der Waals surface area (Å²) >= 11 is 7.01. The largest absolute Gasteiger partial charge is 0.298 e. The second kappa shape index (κ2) is 11.7. The molecule has 15 heteroatoms. The fourth-order valence-corrected chi connectivity index (χ4v) is 4.87. The van der Waals surface area contributed by atoms with Crippen LogP contribution in [-0.4, -0.2) is 32.2 Å². The molecule has 0 spiro atoms. The Balaban J connectivity index is 0.00000481. The summed E-state index contributed by atoms with van der Waals surface area (Å²) in [5, 5.41) is 36.9. The second-order valence-corrected chi connectivity index (χ2v) is 10.3. The quantitative estimate of drug-likeness (QED) is 0.232. The van der Waals surface area contributed by atoms with Crippen molar-refractivity contribution in [3.63, 3.8) is 0 Å². The summed E-state index contributed by atoms with van der Waals surface area (Å²) in [5.41, 5.74) is -0.923. The molecule has 0 saturated carbocycles. The van der Waals surface area contributed by atoms with Gasteiger partial charge in [0.15, 0.2) is 5.13 Å². The number of nitro groups is 3. The number of anilines is 1. The molecule has 0 radical (unpaired) electrons. The number of halogens is 2. The lowest BCUT2D eigenvalue weighted by molar-refractivity contribution is -0.481. The summed E-state index contributed by atoms with van der Waals surface area (Å²) in [7, 11) is 0. The smallest absolute Gasteiger partial charge is 0.277 e. The SMILES string of the molecule is Br.CC(C)(C)c1nc(NC(=O)c2cc([N+](=O)[O-])cc([N+](=O)[O-])c2)sc1C(C[N+](=O)[O-])c1ccc(Cl)cc1. The van der Waals surface area contributed by atoms with E-state index in [0.29, 0.717) is 21.2 Å². The Morgan fingerprint density at radius 2 is 1.57 bits per heavy atom. The molecule has 1 N–H and O–H groups in total. The zero-order valence-corrected chi connectivity index (χ0v) is 23.0. The Morgan fingerprint density at radius 1 is 1.03 bits per heavy atom. The summed E-state index contributed by atoms with van der Waals surface area (Å²) in [5.74, 6) is -1.53. The molecule has 0 aliphatic carbocycles. The standard InChI is InChI=1S/C22H20ClN5O7S.BrH/c1-22(2,3)19-18(17(11-26(30)31)12-4-6-14(23)7-5-12)36-21(24-19)25-20(29)13-8-15(27(32)33)10-16(9-13)28(34)35;/h4-10,17H,11H2,1-3H3,(H,24,25,29);1H. The van der Waals surface area contributed by atoms with E-state index in [2.05, 4.69) is 10.3 Å². The van der Waals surface area contributed by atoms with Crippen LogP contribution in [0.2, 0.25) is 5.02 Å². The summed E-state index contributed by atoms with van der Waals surface area (Å²) in [6, 6.07) is 9.21. The van der Waals surface area contributed by atoms with Gasteiger partial charge in [-0.1, -0.05) is 44.5 Å². The first-order chi connectivity index (χ1) is 16.8. The van der Waals surface area contributed by atoms with Crippen molar-refractivity contribution < 1.29 is 19.6 Å². The first-order valence-corrected chi connectivity index (χ1v) is 11.6. The minimum atomic E-state index is -0.847. The van der Waals surface area contributed by atoms with Gasteiger partial charge >= 0.3 is 0 Å². The third-order valence-electron chi connectivity index (χ3n) is 5.09. The number of non-ortho nitro benzene ring substituents is 2. The third kappa shape index (κ3) is 7.27. The van der Waals surface area contributed by atoms with Gasteiger partial charge in [-0.3, -0.25) is 40.5 Å². The highest BCUT2D eigenvalue weighted by Gasteiger charge is 2.32. The van der Waals surface area contributed by atoms with Crippen LogP contribution in [0.4, 0.5) is 16.5 Å². The maximum absolute atomic E-state index is 12.9. The number of nitro benzene ring substituents is 2. The molecule has 1 heterocycles. The molecule has 1 atom stereocenters. The van der Waals surface area contributed by atoms with E-state index >= 15 is 0 Å². The molecule has 0 aliphatic rings. The number of benzene rings is 2. The Kier molecular flexibility index (Phi) is 9.41. The molecule has 37 heavy (non-hydrogen) atoms. The van der Waals surface area contributed by atoms with Crippen LogP contribution in [-0.2, 0) is 5.41 Å². The molecule has 2 aromatic carbocycles. The van der Waals surface area contributed by atoms with Crippen molar-refractivity contribution in [1.29, 1.82) is 0 Å². The van der Waals surface area contributed by atoms with E-state index in [4.69, 9.17) is 11.6 Å². The minimum absolute atomic E-state index is 0.